The molecule has 1 unspecified atom stereocenters. The quantitative estimate of drug-likeness (QED) is 0.0846. The van der Waals surface area contributed by atoms with Gasteiger partial charge in [-0.1, -0.05) is 149 Å². The Morgan fingerprint density at radius 3 is 1.18 bits per heavy atom. The summed E-state index contributed by atoms with van der Waals surface area (Å²) in [4.78, 5) is 0. The predicted molar refractivity (Wildman–Crippen MR) is 142 cm³/mol. The van der Waals surface area contributed by atoms with E-state index in [2.05, 4.69) is 13.8 Å². The highest BCUT2D eigenvalue weighted by Crippen LogP contribution is 2.17. The van der Waals surface area contributed by atoms with Crippen LogP contribution in [0.4, 0.5) is 4.39 Å². The molecular weight excluding hydrogens is 435 g/mol. The molecule has 1 atom stereocenters. The number of halogens is 1. The summed E-state index contributed by atoms with van der Waals surface area (Å²) in [6, 6.07) is 0. The molecule has 0 fully saturated rings. The van der Waals surface area contributed by atoms with E-state index in [1.54, 1.807) is 0 Å². The summed E-state index contributed by atoms with van der Waals surface area (Å²) in [6.07, 6.45) is 27.9. The van der Waals surface area contributed by atoms with E-state index in [0.717, 1.165) is 32.1 Å². The maximum atomic E-state index is 14.0. The summed E-state index contributed by atoms with van der Waals surface area (Å²) in [7, 11) is -4.05. The first-order valence-corrected chi connectivity index (χ1v) is 16.0. The number of hydrogen-bond donors (Lipinski definition) is 0. The van der Waals surface area contributed by atoms with Crippen LogP contribution < -0.4 is 0 Å². The molecule has 0 rings (SSSR count). The van der Waals surface area contributed by atoms with Crippen molar-refractivity contribution >= 4 is 10.1 Å². The van der Waals surface area contributed by atoms with Crippen molar-refractivity contribution in [1.29, 1.82) is 0 Å². The molecule has 0 aliphatic heterocycles. The minimum Gasteiger partial charge on any atom is -0.268 e. The summed E-state index contributed by atoms with van der Waals surface area (Å²) in [5.74, 6) is 0. The third kappa shape index (κ3) is 23.4. The Morgan fingerprint density at radius 1 is 0.515 bits per heavy atom. The standard InChI is InChI=1S/C28H57FO3S/c1-3-5-7-9-11-12-13-14-15-16-17-18-19-21-23-25-27-32-33(30,31)28(29)26-24-22-20-10-8-6-4-2/h28H,3-27H2,1-2H3. The summed E-state index contributed by atoms with van der Waals surface area (Å²) in [5, 5.41) is 0. The van der Waals surface area contributed by atoms with Gasteiger partial charge in [0.25, 0.3) is 10.1 Å². The lowest BCUT2D eigenvalue weighted by molar-refractivity contribution is 0.270. The molecule has 0 saturated carbocycles. The van der Waals surface area contributed by atoms with Crippen molar-refractivity contribution in [2.24, 2.45) is 0 Å². The molecule has 0 aromatic rings. The van der Waals surface area contributed by atoms with Crippen molar-refractivity contribution in [3.8, 4) is 0 Å². The van der Waals surface area contributed by atoms with Gasteiger partial charge >= 0.3 is 0 Å². The van der Waals surface area contributed by atoms with Crippen LogP contribution in [0.1, 0.15) is 168 Å². The highest BCUT2D eigenvalue weighted by molar-refractivity contribution is 7.87. The van der Waals surface area contributed by atoms with Gasteiger partial charge in [-0.05, 0) is 19.3 Å². The van der Waals surface area contributed by atoms with Crippen LogP contribution >= 0.6 is 0 Å². The van der Waals surface area contributed by atoms with E-state index < -0.39 is 15.6 Å². The van der Waals surface area contributed by atoms with E-state index in [1.807, 2.05) is 0 Å². The van der Waals surface area contributed by atoms with E-state index in [1.165, 1.54) is 103 Å². The highest BCUT2D eigenvalue weighted by atomic mass is 32.2. The molecule has 0 radical (unpaired) electrons. The smallest absolute Gasteiger partial charge is 0.268 e. The van der Waals surface area contributed by atoms with Crippen molar-refractivity contribution < 1.29 is 17.0 Å². The summed E-state index contributed by atoms with van der Waals surface area (Å²) in [5.41, 5.74) is -1.87. The van der Waals surface area contributed by atoms with E-state index in [4.69, 9.17) is 4.18 Å². The second kappa shape index (κ2) is 24.9. The lowest BCUT2D eigenvalue weighted by atomic mass is 10.0. The van der Waals surface area contributed by atoms with E-state index in [-0.39, 0.29) is 13.0 Å². The van der Waals surface area contributed by atoms with Crippen molar-refractivity contribution in [2.45, 2.75) is 173 Å². The molecule has 0 heterocycles. The average molecular weight is 493 g/mol. The Hall–Kier alpha value is -0.160. The fraction of sp³-hybridized carbons (Fsp3) is 1.00. The van der Waals surface area contributed by atoms with Gasteiger partial charge in [0.15, 0.2) is 0 Å². The Labute approximate surface area is 207 Å². The van der Waals surface area contributed by atoms with Crippen LogP contribution in [-0.4, -0.2) is 20.5 Å². The third-order valence-corrected chi connectivity index (χ3v) is 7.95. The van der Waals surface area contributed by atoms with Crippen molar-refractivity contribution in [3.63, 3.8) is 0 Å². The molecule has 0 aliphatic carbocycles. The first-order chi connectivity index (χ1) is 16.0. The largest absolute Gasteiger partial charge is 0.299 e. The molecule has 0 aromatic heterocycles. The van der Waals surface area contributed by atoms with Crippen LogP contribution in [-0.2, 0) is 14.3 Å². The maximum absolute atomic E-state index is 14.0. The van der Waals surface area contributed by atoms with Gasteiger partial charge in [0.1, 0.15) is 0 Å². The van der Waals surface area contributed by atoms with Crippen LogP contribution in [0.5, 0.6) is 0 Å². The van der Waals surface area contributed by atoms with Crippen LogP contribution in [0, 0.1) is 0 Å². The highest BCUT2D eigenvalue weighted by Gasteiger charge is 2.25. The molecule has 0 aliphatic rings. The van der Waals surface area contributed by atoms with Crippen molar-refractivity contribution in [2.75, 3.05) is 6.61 Å². The monoisotopic (exact) mass is 492 g/mol. The zero-order valence-corrected chi connectivity index (χ0v) is 23.1. The zero-order chi connectivity index (χ0) is 24.5. The molecule has 3 nitrogen and oxygen atoms in total. The summed E-state index contributed by atoms with van der Waals surface area (Å²) in [6.45, 7) is 4.57. The van der Waals surface area contributed by atoms with Gasteiger partial charge in [0, 0.05) is 0 Å². The number of unbranched alkanes of at least 4 members (excludes halogenated alkanes) is 21. The third-order valence-electron chi connectivity index (χ3n) is 6.59. The van der Waals surface area contributed by atoms with Gasteiger partial charge in [-0.15, -0.1) is 0 Å². The number of rotatable bonds is 27. The SMILES string of the molecule is CCCCCCCCCCCCCCCCCCOS(=O)(=O)C(F)CCCCCCCCC. The van der Waals surface area contributed by atoms with Crippen LogP contribution in [0.15, 0.2) is 0 Å². The molecule has 0 bridgehead atoms. The minimum atomic E-state index is -4.05. The molecule has 5 heteroatoms. The van der Waals surface area contributed by atoms with Crippen LogP contribution in [0.25, 0.3) is 0 Å². The van der Waals surface area contributed by atoms with Gasteiger partial charge in [0.05, 0.1) is 6.61 Å². The molecule has 0 saturated heterocycles. The van der Waals surface area contributed by atoms with E-state index in [0.29, 0.717) is 12.8 Å². The fourth-order valence-corrected chi connectivity index (χ4v) is 5.26. The van der Waals surface area contributed by atoms with E-state index in [9.17, 15) is 12.8 Å². The van der Waals surface area contributed by atoms with Crippen molar-refractivity contribution in [3.05, 3.63) is 0 Å². The molecule has 0 spiro atoms. The fourth-order valence-electron chi connectivity index (χ4n) is 4.31. The van der Waals surface area contributed by atoms with Crippen molar-refractivity contribution in [1.82, 2.24) is 0 Å². The van der Waals surface area contributed by atoms with Gasteiger partial charge < -0.3 is 0 Å². The average Bonchev–Trinajstić information content (AvgIpc) is 2.80. The maximum Gasteiger partial charge on any atom is 0.299 e. The Bertz CT molecular complexity index is 482. The number of alkyl halides is 1. The van der Waals surface area contributed by atoms with Gasteiger partial charge in [-0.3, -0.25) is 4.18 Å². The topological polar surface area (TPSA) is 43.4 Å². The zero-order valence-electron chi connectivity index (χ0n) is 22.3. The molecular formula is C28H57FO3S. The lowest BCUT2D eigenvalue weighted by Crippen LogP contribution is -2.19. The molecule has 0 amide bonds. The number of hydrogen-bond acceptors (Lipinski definition) is 3. The molecule has 0 N–H and O–H groups in total. The van der Waals surface area contributed by atoms with Gasteiger partial charge in [-0.2, -0.15) is 8.42 Å². The Balaban J connectivity index is 3.40. The van der Waals surface area contributed by atoms with Gasteiger partial charge in [0.2, 0.25) is 5.50 Å². The lowest BCUT2D eigenvalue weighted by Gasteiger charge is -2.10. The van der Waals surface area contributed by atoms with Gasteiger partial charge in [-0.25, -0.2) is 4.39 Å². The molecule has 33 heavy (non-hydrogen) atoms. The summed E-state index contributed by atoms with van der Waals surface area (Å²) < 4.78 is 42.7. The molecule has 200 valence electrons. The first-order valence-electron chi connectivity index (χ1n) is 14.6. The van der Waals surface area contributed by atoms with Crippen LogP contribution in [0.3, 0.4) is 0 Å². The summed E-state index contributed by atoms with van der Waals surface area (Å²) >= 11 is 0. The Morgan fingerprint density at radius 2 is 0.818 bits per heavy atom. The normalized spacial score (nSPS) is 12.9. The second-order valence-electron chi connectivity index (χ2n) is 9.94. The van der Waals surface area contributed by atoms with E-state index >= 15 is 0 Å². The minimum absolute atomic E-state index is 0.0646. The second-order valence-corrected chi connectivity index (χ2v) is 11.7. The van der Waals surface area contributed by atoms with Crippen LogP contribution in [0.2, 0.25) is 0 Å². The molecule has 0 aromatic carbocycles. The Kier molecular flexibility index (Phi) is 24.8. The predicted octanol–water partition coefficient (Wildman–Crippen LogP) is 10.0. The first kappa shape index (κ1) is 32.8.